The third-order valence-corrected chi connectivity index (χ3v) is 1.33. The number of hydrogen-bond donors (Lipinski definition) is 1. The smallest absolute Gasteiger partial charge is 0.422 e. The van der Waals surface area contributed by atoms with Gasteiger partial charge >= 0.3 is 18.2 Å². The van der Waals surface area contributed by atoms with Gasteiger partial charge in [0.2, 0.25) is 0 Å². The average Bonchev–Trinajstić information content (AvgIpc) is 2.08. The van der Waals surface area contributed by atoms with Crippen LogP contribution in [-0.2, 0) is 9.53 Å². The number of halogens is 3. The summed E-state index contributed by atoms with van der Waals surface area (Å²) in [6, 6.07) is 0. The molecular weight excluding hydrogens is 219 g/mol. The van der Waals surface area contributed by atoms with Gasteiger partial charge in [-0.05, 0) is 6.92 Å². The summed E-state index contributed by atoms with van der Waals surface area (Å²) < 4.78 is 38.8. The van der Waals surface area contributed by atoms with E-state index in [1.165, 1.54) is 6.92 Å². The van der Waals surface area contributed by atoms with E-state index < -0.39 is 31.4 Å². The molecule has 1 amide bonds. The molecule has 0 heterocycles. The number of carbonyl (C=O) groups is 2. The number of ether oxygens (including phenoxy) is 1. The molecule has 1 N–H and O–H groups in total. The number of hydrogen-bond acceptors (Lipinski definition) is 3. The first-order chi connectivity index (χ1) is 6.76. The van der Waals surface area contributed by atoms with Crippen molar-refractivity contribution in [2.24, 2.45) is 0 Å². The highest BCUT2D eigenvalue weighted by Gasteiger charge is 2.30. The Labute approximate surface area is 83.4 Å². The zero-order valence-corrected chi connectivity index (χ0v) is 7.87. The Morgan fingerprint density at radius 1 is 1.40 bits per heavy atom. The Bertz CT molecular complexity index is 241. The van der Waals surface area contributed by atoms with Crippen LogP contribution in [0.1, 0.15) is 6.92 Å². The highest BCUT2D eigenvalue weighted by molar-refractivity contribution is 5.76. The van der Waals surface area contributed by atoms with E-state index in [0.29, 0.717) is 4.90 Å². The molecule has 15 heavy (non-hydrogen) atoms. The lowest BCUT2D eigenvalue weighted by molar-refractivity contribution is -0.162. The molecule has 0 aromatic carbocycles. The van der Waals surface area contributed by atoms with Crippen LogP contribution in [0.4, 0.5) is 18.0 Å². The van der Waals surface area contributed by atoms with Gasteiger partial charge in [-0.1, -0.05) is 0 Å². The van der Waals surface area contributed by atoms with E-state index in [1.54, 1.807) is 0 Å². The lowest BCUT2D eigenvalue weighted by Crippen LogP contribution is -2.37. The third-order valence-electron chi connectivity index (χ3n) is 1.33. The summed E-state index contributed by atoms with van der Waals surface area (Å²) in [7, 11) is 0. The number of rotatable bonds is 4. The van der Waals surface area contributed by atoms with Gasteiger partial charge in [0.05, 0.1) is 0 Å². The fraction of sp³-hybridized carbons (Fsp3) is 0.714. The van der Waals surface area contributed by atoms with Gasteiger partial charge in [0.25, 0.3) is 0 Å². The average molecular weight is 229 g/mol. The van der Waals surface area contributed by atoms with Gasteiger partial charge < -0.3 is 9.84 Å². The van der Waals surface area contributed by atoms with Crippen molar-refractivity contribution in [2.45, 2.75) is 13.1 Å². The van der Waals surface area contributed by atoms with E-state index in [-0.39, 0.29) is 6.54 Å². The quantitative estimate of drug-likeness (QED) is 0.783. The fourth-order valence-electron chi connectivity index (χ4n) is 0.704. The molecule has 0 atom stereocenters. The number of likely N-dealkylation sites (N-methyl/N-ethyl adjacent to an activating group) is 1. The topological polar surface area (TPSA) is 66.8 Å². The maximum Gasteiger partial charge on any atom is 0.422 e. The van der Waals surface area contributed by atoms with E-state index in [1.807, 2.05) is 0 Å². The summed E-state index contributed by atoms with van der Waals surface area (Å²) in [5, 5.41) is 8.32. The number of carboxylic acid groups (broad SMARTS) is 1. The molecule has 8 heteroatoms. The third kappa shape index (κ3) is 6.58. The van der Waals surface area contributed by atoms with Crippen LogP contribution in [0.15, 0.2) is 0 Å². The predicted molar refractivity (Wildman–Crippen MR) is 42.3 cm³/mol. The highest BCUT2D eigenvalue weighted by atomic mass is 19.4. The van der Waals surface area contributed by atoms with E-state index in [9.17, 15) is 22.8 Å². The molecule has 0 unspecified atom stereocenters. The fourth-order valence-corrected chi connectivity index (χ4v) is 0.704. The monoisotopic (exact) mass is 229 g/mol. The van der Waals surface area contributed by atoms with Gasteiger partial charge in [0.15, 0.2) is 6.61 Å². The van der Waals surface area contributed by atoms with E-state index in [4.69, 9.17) is 5.11 Å². The largest absolute Gasteiger partial charge is 0.480 e. The lowest BCUT2D eigenvalue weighted by Gasteiger charge is -2.18. The van der Waals surface area contributed by atoms with Crippen LogP contribution in [0, 0.1) is 0 Å². The van der Waals surface area contributed by atoms with Crippen molar-refractivity contribution in [1.82, 2.24) is 4.90 Å². The molecule has 0 rings (SSSR count). The first-order valence-corrected chi connectivity index (χ1v) is 3.96. The van der Waals surface area contributed by atoms with Crippen LogP contribution < -0.4 is 0 Å². The second kappa shape index (κ2) is 5.42. The Morgan fingerprint density at radius 2 is 1.93 bits per heavy atom. The number of alkyl halides is 3. The van der Waals surface area contributed by atoms with Crippen molar-refractivity contribution in [3.63, 3.8) is 0 Å². The van der Waals surface area contributed by atoms with Crippen LogP contribution in [0.25, 0.3) is 0 Å². The van der Waals surface area contributed by atoms with Crippen LogP contribution in [0.5, 0.6) is 0 Å². The molecule has 0 aliphatic heterocycles. The highest BCUT2D eigenvalue weighted by Crippen LogP contribution is 2.14. The van der Waals surface area contributed by atoms with Crippen LogP contribution in [0.3, 0.4) is 0 Å². The van der Waals surface area contributed by atoms with E-state index in [0.717, 1.165) is 0 Å². The van der Waals surface area contributed by atoms with Crippen molar-refractivity contribution in [3.05, 3.63) is 0 Å². The zero-order chi connectivity index (χ0) is 12.1. The van der Waals surface area contributed by atoms with E-state index >= 15 is 0 Å². The Morgan fingerprint density at radius 3 is 2.27 bits per heavy atom. The molecule has 0 spiro atoms. The molecule has 0 aromatic heterocycles. The molecule has 0 saturated heterocycles. The summed E-state index contributed by atoms with van der Waals surface area (Å²) in [6.07, 6.45) is -5.91. The number of aliphatic carboxylic acids is 1. The summed E-state index contributed by atoms with van der Waals surface area (Å²) in [4.78, 5) is 21.7. The molecule has 0 bridgehead atoms. The maximum atomic E-state index is 11.6. The number of carbonyl (C=O) groups excluding carboxylic acids is 1. The van der Waals surface area contributed by atoms with E-state index in [2.05, 4.69) is 4.74 Å². The summed E-state index contributed by atoms with van der Waals surface area (Å²) in [6.45, 7) is -1.02. The van der Waals surface area contributed by atoms with Crippen LogP contribution in [-0.4, -0.2) is 47.9 Å². The second-order valence-electron chi connectivity index (χ2n) is 2.58. The standard InChI is InChI=1S/C7H10F3NO4/c1-2-11(3-5(12)13)6(14)15-4-7(8,9)10/h2-4H2,1H3,(H,12,13). The Hall–Kier alpha value is -1.47. The molecular formula is C7H10F3NO4. The van der Waals surface area contributed by atoms with Gasteiger partial charge in [0.1, 0.15) is 6.54 Å². The molecule has 0 radical (unpaired) electrons. The molecule has 0 aliphatic rings. The first kappa shape index (κ1) is 13.5. The van der Waals surface area contributed by atoms with Gasteiger partial charge in [0, 0.05) is 6.54 Å². The predicted octanol–water partition coefficient (Wildman–Crippen LogP) is 1.09. The normalized spacial score (nSPS) is 10.9. The SMILES string of the molecule is CCN(CC(=O)O)C(=O)OCC(F)(F)F. The summed E-state index contributed by atoms with van der Waals surface area (Å²) >= 11 is 0. The molecule has 0 aliphatic carbocycles. The van der Waals surface area contributed by atoms with Gasteiger partial charge in [-0.3, -0.25) is 9.69 Å². The van der Waals surface area contributed by atoms with Crippen molar-refractivity contribution in [3.8, 4) is 0 Å². The first-order valence-electron chi connectivity index (χ1n) is 3.96. The number of nitrogens with zero attached hydrogens (tertiary/aromatic N) is 1. The number of carboxylic acids is 1. The minimum atomic E-state index is -4.61. The van der Waals surface area contributed by atoms with Gasteiger partial charge in [-0.25, -0.2) is 4.79 Å². The molecule has 0 aromatic rings. The Kier molecular flexibility index (Phi) is 4.89. The molecule has 0 fully saturated rings. The molecule has 88 valence electrons. The van der Waals surface area contributed by atoms with Gasteiger partial charge in [-0.2, -0.15) is 13.2 Å². The summed E-state index contributed by atoms with van der Waals surface area (Å²) in [5.74, 6) is -1.32. The van der Waals surface area contributed by atoms with Crippen molar-refractivity contribution in [1.29, 1.82) is 0 Å². The van der Waals surface area contributed by atoms with Crippen LogP contribution in [0.2, 0.25) is 0 Å². The summed E-state index contributed by atoms with van der Waals surface area (Å²) in [5.41, 5.74) is 0. The molecule has 5 nitrogen and oxygen atoms in total. The zero-order valence-electron chi connectivity index (χ0n) is 7.87. The van der Waals surface area contributed by atoms with Gasteiger partial charge in [-0.15, -0.1) is 0 Å². The molecule has 0 saturated carbocycles. The maximum absolute atomic E-state index is 11.6. The minimum absolute atomic E-state index is 0.0387. The number of amides is 1. The van der Waals surface area contributed by atoms with Crippen molar-refractivity contribution in [2.75, 3.05) is 19.7 Å². The van der Waals surface area contributed by atoms with Crippen molar-refractivity contribution < 1.29 is 32.6 Å². The Balaban J connectivity index is 4.11. The van der Waals surface area contributed by atoms with Crippen LogP contribution >= 0.6 is 0 Å². The second-order valence-corrected chi connectivity index (χ2v) is 2.58. The lowest BCUT2D eigenvalue weighted by atomic mass is 10.5. The van der Waals surface area contributed by atoms with Crippen molar-refractivity contribution >= 4 is 12.1 Å². The minimum Gasteiger partial charge on any atom is -0.480 e.